The van der Waals surface area contributed by atoms with E-state index in [1.807, 2.05) is 48.2 Å². The molecule has 1 unspecified atom stereocenters. The van der Waals surface area contributed by atoms with Crippen LogP contribution < -0.4 is 9.47 Å². The number of aliphatic carboxylic acids is 1. The van der Waals surface area contributed by atoms with Gasteiger partial charge in [0.25, 0.3) is 0 Å². The number of aliphatic hydroxyl groups excluding tert-OH is 1. The fourth-order valence-electron chi connectivity index (χ4n) is 5.44. The minimum Gasteiger partial charge on any atom is -0.497 e. The van der Waals surface area contributed by atoms with Crippen molar-refractivity contribution in [3.63, 3.8) is 0 Å². The van der Waals surface area contributed by atoms with E-state index < -0.39 is 12.1 Å². The topological polar surface area (TPSA) is 92.1 Å². The van der Waals surface area contributed by atoms with E-state index in [9.17, 15) is 15.0 Å². The summed E-state index contributed by atoms with van der Waals surface area (Å²) >= 11 is 1.84. The molecule has 1 saturated heterocycles. The first-order valence-corrected chi connectivity index (χ1v) is 14.3. The number of hydrogen-bond donors (Lipinski definition) is 2. The largest absolute Gasteiger partial charge is 0.497 e. The zero-order valence-corrected chi connectivity index (χ0v) is 23.0. The van der Waals surface area contributed by atoms with Gasteiger partial charge in [-0.25, -0.2) is 0 Å². The van der Waals surface area contributed by atoms with Gasteiger partial charge in [0.05, 0.1) is 25.8 Å². The number of thioether (sulfide) groups is 1. The summed E-state index contributed by atoms with van der Waals surface area (Å²) in [6.45, 7) is 2.74. The van der Waals surface area contributed by atoms with Gasteiger partial charge in [-0.15, -0.1) is 11.8 Å². The smallest absolute Gasteiger partial charge is 0.303 e. The number of nitrogens with zero attached hydrogens (tertiary/aromatic N) is 2. The van der Waals surface area contributed by atoms with E-state index in [1.165, 1.54) is 4.90 Å². The van der Waals surface area contributed by atoms with E-state index >= 15 is 0 Å². The molecule has 2 N–H and O–H groups in total. The second-order valence-corrected chi connectivity index (χ2v) is 11.1. The zero-order valence-electron chi connectivity index (χ0n) is 22.2. The third-order valence-corrected chi connectivity index (χ3v) is 8.61. The third-order valence-electron chi connectivity index (χ3n) is 7.51. The molecular formula is C30H38N2O5S. The number of pyridine rings is 1. The molecule has 7 nitrogen and oxygen atoms in total. The lowest BCUT2D eigenvalue weighted by Crippen LogP contribution is -2.42. The molecule has 1 aliphatic heterocycles. The van der Waals surface area contributed by atoms with Crippen molar-refractivity contribution >= 4 is 28.6 Å². The summed E-state index contributed by atoms with van der Waals surface area (Å²) in [5.74, 6) is 2.25. The highest BCUT2D eigenvalue weighted by Crippen LogP contribution is 2.35. The number of carbonyl (C=O) groups is 1. The lowest BCUT2D eigenvalue weighted by Gasteiger charge is -2.38. The maximum absolute atomic E-state index is 11.7. The molecule has 204 valence electrons. The average molecular weight is 539 g/mol. The normalized spacial score (nSPS) is 18.8. The fourth-order valence-corrected chi connectivity index (χ4v) is 6.27. The number of hydrogen-bond acceptors (Lipinski definition) is 7. The fraction of sp³-hybridized carbons (Fsp3) is 0.467. The maximum Gasteiger partial charge on any atom is 0.303 e. The number of methoxy groups -OCH3 is 2. The van der Waals surface area contributed by atoms with Crippen LogP contribution in [0.2, 0.25) is 0 Å². The predicted molar refractivity (Wildman–Crippen MR) is 151 cm³/mol. The molecule has 0 saturated carbocycles. The van der Waals surface area contributed by atoms with Crippen molar-refractivity contribution in [2.45, 2.75) is 43.1 Å². The van der Waals surface area contributed by atoms with Crippen LogP contribution in [0, 0.1) is 11.8 Å². The molecule has 1 fully saturated rings. The van der Waals surface area contributed by atoms with Crippen LogP contribution in [-0.4, -0.2) is 65.7 Å². The van der Waals surface area contributed by atoms with Crippen LogP contribution in [0.1, 0.15) is 43.8 Å². The van der Waals surface area contributed by atoms with Crippen molar-refractivity contribution in [3.8, 4) is 11.5 Å². The Morgan fingerprint density at radius 1 is 1.11 bits per heavy atom. The number of fused-ring (bicyclic) bond motifs is 1. The van der Waals surface area contributed by atoms with Crippen LogP contribution in [0.5, 0.6) is 11.5 Å². The molecule has 8 heteroatoms. The first-order valence-electron chi connectivity index (χ1n) is 13.3. The summed E-state index contributed by atoms with van der Waals surface area (Å²) in [4.78, 5) is 19.7. The molecule has 0 spiro atoms. The van der Waals surface area contributed by atoms with E-state index in [0.29, 0.717) is 6.42 Å². The minimum atomic E-state index is -0.746. The van der Waals surface area contributed by atoms with Gasteiger partial charge in [0.15, 0.2) is 0 Å². The molecule has 3 atom stereocenters. The zero-order chi connectivity index (χ0) is 26.9. The Morgan fingerprint density at radius 3 is 2.61 bits per heavy atom. The van der Waals surface area contributed by atoms with Crippen molar-refractivity contribution in [2.24, 2.45) is 11.8 Å². The highest BCUT2D eigenvalue weighted by atomic mass is 32.2. The molecular weight excluding hydrogens is 500 g/mol. The van der Waals surface area contributed by atoms with Crippen LogP contribution in [0.15, 0.2) is 59.6 Å². The molecule has 0 amide bonds. The van der Waals surface area contributed by atoms with Gasteiger partial charge in [-0.1, -0.05) is 0 Å². The Morgan fingerprint density at radius 2 is 1.87 bits per heavy atom. The first kappa shape index (κ1) is 28.2. The van der Waals surface area contributed by atoms with E-state index in [0.717, 1.165) is 72.6 Å². The molecule has 0 bridgehead atoms. The Labute approximate surface area is 229 Å². The van der Waals surface area contributed by atoms with Gasteiger partial charge in [-0.05, 0) is 110 Å². The Kier molecular flexibility index (Phi) is 10.3. The van der Waals surface area contributed by atoms with Crippen molar-refractivity contribution in [2.75, 3.05) is 39.6 Å². The molecule has 1 aromatic heterocycles. The SMILES string of the molecule is COc1ccc(SCCCN2CC[C@@H](CCC(O)c3ccnc4ccc(OC)cc34)[C@@H](CC(=O)O)C2)cc1. The molecule has 4 rings (SSSR count). The molecule has 2 heterocycles. The van der Waals surface area contributed by atoms with Gasteiger partial charge in [0, 0.05) is 29.4 Å². The summed E-state index contributed by atoms with van der Waals surface area (Å²) in [7, 11) is 3.30. The van der Waals surface area contributed by atoms with Gasteiger partial charge in [-0.2, -0.15) is 0 Å². The highest BCUT2D eigenvalue weighted by molar-refractivity contribution is 7.99. The van der Waals surface area contributed by atoms with E-state index in [-0.39, 0.29) is 18.3 Å². The quantitative estimate of drug-likeness (QED) is 0.213. The number of aliphatic hydroxyl groups is 1. The number of likely N-dealkylation sites (tertiary alicyclic amines) is 1. The monoisotopic (exact) mass is 538 g/mol. The summed E-state index contributed by atoms with van der Waals surface area (Å²) < 4.78 is 10.6. The molecule has 1 aliphatic rings. The van der Waals surface area contributed by atoms with Crippen LogP contribution >= 0.6 is 11.8 Å². The summed E-state index contributed by atoms with van der Waals surface area (Å²) in [5.41, 5.74) is 1.67. The van der Waals surface area contributed by atoms with Crippen molar-refractivity contribution < 1.29 is 24.5 Å². The number of benzene rings is 2. The number of piperidine rings is 1. The van der Waals surface area contributed by atoms with E-state index in [1.54, 1.807) is 20.4 Å². The Bertz CT molecular complexity index is 1190. The second kappa shape index (κ2) is 13.8. The standard InChI is InChI=1S/C30H38N2O5S/c1-36-23-5-8-25(9-6-23)38-17-3-15-32-16-13-21(22(20-32)18-30(34)35)4-11-29(33)26-12-14-31-28-10-7-24(37-2)19-27(26)28/h5-10,12,14,19,21-22,29,33H,3-4,11,13,15-18,20H2,1-2H3,(H,34,35)/t21-,22+,29?/m1/s1. The van der Waals surface area contributed by atoms with Gasteiger partial charge in [-0.3, -0.25) is 9.78 Å². The van der Waals surface area contributed by atoms with Gasteiger partial charge < -0.3 is 24.6 Å². The molecule has 2 aromatic carbocycles. The van der Waals surface area contributed by atoms with Gasteiger partial charge in [0.1, 0.15) is 11.5 Å². The second-order valence-electron chi connectivity index (χ2n) is 9.96. The Balaban J connectivity index is 1.29. The molecule has 3 aromatic rings. The number of carboxylic acids is 1. The number of rotatable bonds is 13. The lowest BCUT2D eigenvalue weighted by atomic mass is 9.79. The van der Waals surface area contributed by atoms with Crippen molar-refractivity contribution in [1.29, 1.82) is 0 Å². The maximum atomic E-state index is 11.7. The van der Waals surface area contributed by atoms with Crippen molar-refractivity contribution in [1.82, 2.24) is 9.88 Å². The number of ether oxygens (including phenoxy) is 2. The third kappa shape index (κ3) is 7.62. The van der Waals surface area contributed by atoms with Crippen LogP contribution in [0.25, 0.3) is 10.9 Å². The van der Waals surface area contributed by atoms with Crippen LogP contribution in [0.4, 0.5) is 0 Å². The van der Waals surface area contributed by atoms with Gasteiger partial charge in [0.2, 0.25) is 0 Å². The molecule has 0 radical (unpaired) electrons. The average Bonchev–Trinajstić information content (AvgIpc) is 2.94. The number of aromatic nitrogens is 1. The minimum absolute atomic E-state index is 0.0944. The number of carboxylic acid groups (broad SMARTS) is 1. The van der Waals surface area contributed by atoms with E-state index in [4.69, 9.17) is 9.47 Å². The highest BCUT2D eigenvalue weighted by Gasteiger charge is 2.31. The summed E-state index contributed by atoms with van der Waals surface area (Å²) in [6, 6.07) is 15.7. The molecule has 38 heavy (non-hydrogen) atoms. The summed E-state index contributed by atoms with van der Waals surface area (Å²) in [5, 5.41) is 21.6. The predicted octanol–water partition coefficient (Wildman–Crippen LogP) is 5.66. The molecule has 0 aliphatic carbocycles. The first-order chi connectivity index (χ1) is 18.5. The van der Waals surface area contributed by atoms with Gasteiger partial charge >= 0.3 is 5.97 Å². The summed E-state index contributed by atoms with van der Waals surface area (Å²) in [6.07, 6.45) is 4.67. The van der Waals surface area contributed by atoms with Crippen molar-refractivity contribution in [3.05, 3.63) is 60.3 Å². The van der Waals surface area contributed by atoms with Crippen LogP contribution in [-0.2, 0) is 4.79 Å². The lowest BCUT2D eigenvalue weighted by molar-refractivity contribution is -0.139. The van der Waals surface area contributed by atoms with E-state index in [2.05, 4.69) is 22.0 Å². The Hall–Kier alpha value is -2.81. The van der Waals surface area contributed by atoms with Crippen LogP contribution in [0.3, 0.4) is 0 Å².